The summed E-state index contributed by atoms with van der Waals surface area (Å²) in [5.74, 6) is 0. The monoisotopic (exact) mass is 351 g/mol. The van der Waals surface area contributed by atoms with Gasteiger partial charge in [0.2, 0.25) is 0 Å². The molecule has 1 nitrogen and oxygen atoms in total. The molecule has 0 saturated carbocycles. The van der Waals surface area contributed by atoms with Gasteiger partial charge in [0, 0.05) is 21.8 Å². The largest absolute Gasteiger partial charge is 0.310 e. The van der Waals surface area contributed by atoms with Crippen LogP contribution in [-0.4, -0.2) is 6.54 Å². The van der Waals surface area contributed by atoms with Crippen molar-refractivity contribution in [3.05, 3.63) is 55.7 Å². The minimum absolute atomic E-state index is 0.393. The predicted octanol–water partition coefficient (Wildman–Crippen LogP) is 5.41. The van der Waals surface area contributed by atoms with Crippen molar-refractivity contribution >= 4 is 27.3 Å². The van der Waals surface area contributed by atoms with Gasteiger partial charge in [-0.15, -0.1) is 11.3 Å². The first-order valence-electron chi connectivity index (χ1n) is 7.14. The van der Waals surface area contributed by atoms with Crippen LogP contribution >= 0.6 is 27.3 Å². The molecule has 0 radical (unpaired) electrons. The van der Waals surface area contributed by atoms with E-state index in [1.165, 1.54) is 26.0 Å². The number of hydrogen-bond donors (Lipinski definition) is 1. The Kier molecular flexibility index (Phi) is 5.82. The lowest BCUT2D eigenvalue weighted by Gasteiger charge is -2.21. The van der Waals surface area contributed by atoms with E-state index >= 15 is 0 Å². The molecule has 1 N–H and O–H groups in total. The molecule has 1 heterocycles. The van der Waals surface area contributed by atoms with Crippen molar-refractivity contribution < 1.29 is 0 Å². The molecule has 0 aliphatic heterocycles. The van der Waals surface area contributed by atoms with E-state index in [0.29, 0.717) is 6.04 Å². The van der Waals surface area contributed by atoms with Crippen LogP contribution in [0.3, 0.4) is 0 Å². The second kappa shape index (κ2) is 7.39. The van der Waals surface area contributed by atoms with Crippen LogP contribution in [0.25, 0.3) is 0 Å². The number of aryl methyl sites for hydroxylation is 1. The first-order chi connectivity index (χ1) is 9.63. The molecular formula is C17H22BrNS. The molecule has 20 heavy (non-hydrogen) atoms. The molecule has 2 aromatic rings. The minimum atomic E-state index is 0.393. The molecule has 0 aliphatic carbocycles. The SMILES string of the molecule is CCCNC(Cc1sccc1Br)c1cccc(C)c1C. The van der Waals surface area contributed by atoms with Crippen molar-refractivity contribution in [2.45, 2.75) is 39.7 Å². The van der Waals surface area contributed by atoms with Crippen molar-refractivity contribution in [1.29, 1.82) is 0 Å². The lowest BCUT2D eigenvalue weighted by atomic mass is 9.95. The molecule has 0 bridgehead atoms. The summed E-state index contributed by atoms with van der Waals surface area (Å²) < 4.78 is 1.23. The van der Waals surface area contributed by atoms with Crippen molar-refractivity contribution in [3.8, 4) is 0 Å². The van der Waals surface area contributed by atoms with Gasteiger partial charge >= 0.3 is 0 Å². The normalized spacial score (nSPS) is 12.6. The Hall–Kier alpha value is -0.640. The molecule has 1 unspecified atom stereocenters. The lowest BCUT2D eigenvalue weighted by molar-refractivity contribution is 0.529. The molecule has 0 amide bonds. The average molecular weight is 352 g/mol. The van der Waals surface area contributed by atoms with Gasteiger partial charge in [-0.05, 0) is 70.9 Å². The maximum atomic E-state index is 3.71. The maximum Gasteiger partial charge on any atom is 0.0371 e. The number of benzene rings is 1. The molecule has 0 spiro atoms. The van der Waals surface area contributed by atoms with Crippen LogP contribution in [0.5, 0.6) is 0 Å². The number of hydrogen-bond acceptors (Lipinski definition) is 2. The molecule has 108 valence electrons. The topological polar surface area (TPSA) is 12.0 Å². The Balaban J connectivity index is 2.27. The van der Waals surface area contributed by atoms with Gasteiger partial charge in [-0.1, -0.05) is 25.1 Å². The second-order valence-corrected chi connectivity index (χ2v) is 7.05. The highest BCUT2D eigenvalue weighted by atomic mass is 79.9. The molecule has 2 rings (SSSR count). The van der Waals surface area contributed by atoms with Gasteiger partial charge in [0.15, 0.2) is 0 Å². The standard InChI is InChI=1S/C17H22BrNS/c1-4-9-19-16(11-17-15(18)8-10-20-17)14-7-5-6-12(2)13(14)3/h5-8,10,16,19H,4,9,11H2,1-3H3. The smallest absolute Gasteiger partial charge is 0.0371 e. The van der Waals surface area contributed by atoms with Crippen molar-refractivity contribution in [2.75, 3.05) is 6.54 Å². The number of nitrogens with one attached hydrogen (secondary N) is 1. The van der Waals surface area contributed by atoms with Gasteiger partial charge in [-0.2, -0.15) is 0 Å². The van der Waals surface area contributed by atoms with E-state index < -0.39 is 0 Å². The lowest BCUT2D eigenvalue weighted by Crippen LogP contribution is -2.24. The fourth-order valence-corrected chi connectivity index (χ4v) is 3.98. The third-order valence-electron chi connectivity index (χ3n) is 3.74. The van der Waals surface area contributed by atoms with Crippen molar-refractivity contribution in [1.82, 2.24) is 5.32 Å². The van der Waals surface area contributed by atoms with Crippen LogP contribution in [-0.2, 0) is 6.42 Å². The summed E-state index contributed by atoms with van der Waals surface area (Å²) in [6, 6.07) is 9.15. The summed E-state index contributed by atoms with van der Waals surface area (Å²) in [6.45, 7) is 7.70. The zero-order chi connectivity index (χ0) is 14.5. The third-order valence-corrected chi connectivity index (χ3v) is 5.69. The fourth-order valence-electron chi connectivity index (χ4n) is 2.42. The third kappa shape index (κ3) is 3.72. The van der Waals surface area contributed by atoms with Crippen LogP contribution in [0.1, 0.15) is 41.0 Å². The van der Waals surface area contributed by atoms with Gasteiger partial charge in [0.1, 0.15) is 0 Å². The zero-order valence-corrected chi connectivity index (χ0v) is 14.8. The van der Waals surface area contributed by atoms with Gasteiger partial charge in [0.05, 0.1) is 0 Å². The van der Waals surface area contributed by atoms with Gasteiger partial charge in [0.25, 0.3) is 0 Å². The first kappa shape index (κ1) is 15.7. The van der Waals surface area contributed by atoms with Crippen molar-refractivity contribution in [2.24, 2.45) is 0 Å². The Morgan fingerprint density at radius 1 is 1.25 bits per heavy atom. The molecule has 0 saturated heterocycles. The highest BCUT2D eigenvalue weighted by molar-refractivity contribution is 9.10. The summed E-state index contributed by atoms with van der Waals surface area (Å²) in [5.41, 5.74) is 4.21. The van der Waals surface area contributed by atoms with Crippen LogP contribution in [0.4, 0.5) is 0 Å². The summed E-state index contributed by atoms with van der Waals surface area (Å²) in [5, 5.41) is 5.86. The molecule has 3 heteroatoms. The second-order valence-electron chi connectivity index (χ2n) is 5.19. The number of thiophene rings is 1. The van der Waals surface area contributed by atoms with E-state index in [9.17, 15) is 0 Å². The summed E-state index contributed by atoms with van der Waals surface area (Å²) >= 11 is 5.48. The zero-order valence-electron chi connectivity index (χ0n) is 12.4. The molecule has 1 atom stereocenters. The van der Waals surface area contributed by atoms with Gasteiger partial charge in [-0.3, -0.25) is 0 Å². The van der Waals surface area contributed by atoms with E-state index in [1.807, 2.05) is 11.3 Å². The van der Waals surface area contributed by atoms with E-state index in [0.717, 1.165) is 19.4 Å². The van der Waals surface area contributed by atoms with E-state index in [2.05, 4.69) is 71.7 Å². The Bertz CT molecular complexity index is 562. The summed E-state index contributed by atoms with van der Waals surface area (Å²) in [6.07, 6.45) is 2.20. The van der Waals surface area contributed by atoms with Crippen molar-refractivity contribution in [3.63, 3.8) is 0 Å². The minimum Gasteiger partial charge on any atom is -0.310 e. The molecular weight excluding hydrogens is 330 g/mol. The van der Waals surface area contributed by atoms with E-state index in [1.54, 1.807) is 0 Å². The summed E-state index contributed by atoms with van der Waals surface area (Å²) in [4.78, 5) is 1.42. The maximum absolute atomic E-state index is 3.71. The molecule has 0 fully saturated rings. The highest BCUT2D eigenvalue weighted by Crippen LogP contribution is 2.30. The van der Waals surface area contributed by atoms with E-state index in [4.69, 9.17) is 0 Å². The molecule has 0 aliphatic rings. The Morgan fingerprint density at radius 3 is 2.70 bits per heavy atom. The molecule has 1 aromatic heterocycles. The van der Waals surface area contributed by atoms with Crippen LogP contribution in [0, 0.1) is 13.8 Å². The van der Waals surface area contributed by atoms with Crippen LogP contribution in [0.2, 0.25) is 0 Å². The molecule has 1 aromatic carbocycles. The van der Waals surface area contributed by atoms with Crippen LogP contribution < -0.4 is 5.32 Å². The predicted molar refractivity (Wildman–Crippen MR) is 92.7 cm³/mol. The summed E-state index contributed by atoms with van der Waals surface area (Å²) in [7, 11) is 0. The first-order valence-corrected chi connectivity index (χ1v) is 8.82. The van der Waals surface area contributed by atoms with E-state index in [-0.39, 0.29) is 0 Å². The Labute approximate surface area is 134 Å². The quantitative estimate of drug-likeness (QED) is 0.733. The average Bonchev–Trinajstić information content (AvgIpc) is 2.83. The highest BCUT2D eigenvalue weighted by Gasteiger charge is 2.16. The fraction of sp³-hybridized carbons (Fsp3) is 0.412. The van der Waals surface area contributed by atoms with Crippen LogP contribution in [0.15, 0.2) is 34.1 Å². The number of halogens is 1. The van der Waals surface area contributed by atoms with Gasteiger partial charge < -0.3 is 5.32 Å². The Morgan fingerprint density at radius 2 is 2.05 bits per heavy atom. The van der Waals surface area contributed by atoms with Gasteiger partial charge in [-0.25, -0.2) is 0 Å². The number of rotatable bonds is 6.